The number of hydrazone groups is 1. The fraction of sp³-hybridized carbons (Fsp3) is 0.421. The zero-order chi connectivity index (χ0) is 18.2. The molecule has 1 aliphatic heterocycles. The first-order valence-electron chi connectivity index (χ1n) is 8.46. The van der Waals surface area contributed by atoms with E-state index in [9.17, 15) is 9.59 Å². The van der Waals surface area contributed by atoms with Crippen molar-refractivity contribution in [2.24, 2.45) is 11.0 Å². The molecule has 1 aliphatic rings. The van der Waals surface area contributed by atoms with Gasteiger partial charge in [0.25, 0.3) is 0 Å². The summed E-state index contributed by atoms with van der Waals surface area (Å²) < 4.78 is 5.15. The lowest BCUT2D eigenvalue weighted by atomic mass is 10.1. The van der Waals surface area contributed by atoms with Gasteiger partial charge in [0.2, 0.25) is 11.8 Å². The summed E-state index contributed by atoms with van der Waals surface area (Å²) in [5.74, 6) is 0.871. The number of carbonyl (C=O) groups excluding carboxylic acids is 2. The number of nitrogens with one attached hydrogen (secondary N) is 1. The van der Waals surface area contributed by atoms with Crippen LogP contribution in [0.1, 0.15) is 32.3 Å². The monoisotopic (exact) mass is 343 g/mol. The Morgan fingerprint density at radius 3 is 2.68 bits per heavy atom. The quantitative estimate of drug-likeness (QED) is 0.826. The van der Waals surface area contributed by atoms with E-state index < -0.39 is 0 Å². The Morgan fingerprint density at radius 1 is 1.32 bits per heavy atom. The van der Waals surface area contributed by atoms with Crippen molar-refractivity contribution in [3.63, 3.8) is 0 Å². The van der Waals surface area contributed by atoms with Gasteiger partial charge in [0.1, 0.15) is 12.3 Å². The maximum atomic E-state index is 12.2. The number of ether oxygens (including phenoxy) is 1. The average molecular weight is 343 g/mol. The van der Waals surface area contributed by atoms with Gasteiger partial charge in [-0.3, -0.25) is 9.59 Å². The molecule has 0 saturated heterocycles. The molecule has 0 radical (unpaired) electrons. The summed E-state index contributed by atoms with van der Waals surface area (Å²) in [6.45, 7) is 4.73. The van der Waals surface area contributed by atoms with E-state index in [-0.39, 0.29) is 24.8 Å². The molecule has 6 nitrogen and oxygen atoms in total. The first kappa shape index (κ1) is 18.7. The molecule has 1 aromatic rings. The summed E-state index contributed by atoms with van der Waals surface area (Å²) in [6, 6.07) is 7.42. The second kappa shape index (κ2) is 9.01. The standard InChI is InChI=1S/C19H25N3O3/c1-14(2)11-12-20-18(23)13-22-19(24)6-4-5-17(21-22)15-7-9-16(25-3)10-8-15/h4-5,7-10,14H,6,11-13H2,1-3H3,(H,20,23). The highest BCUT2D eigenvalue weighted by Gasteiger charge is 2.19. The summed E-state index contributed by atoms with van der Waals surface area (Å²) in [6.07, 6.45) is 4.70. The minimum absolute atomic E-state index is 0.0712. The van der Waals surface area contributed by atoms with Gasteiger partial charge in [-0.05, 0) is 42.7 Å². The van der Waals surface area contributed by atoms with Gasteiger partial charge in [0.05, 0.1) is 12.8 Å². The van der Waals surface area contributed by atoms with Gasteiger partial charge >= 0.3 is 0 Å². The van der Waals surface area contributed by atoms with Crippen LogP contribution in [0.4, 0.5) is 0 Å². The van der Waals surface area contributed by atoms with E-state index in [4.69, 9.17) is 4.74 Å². The van der Waals surface area contributed by atoms with Gasteiger partial charge < -0.3 is 10.1 Å². The molecule has 1 N–H and O–H groups in total. The Morgan fingerprint density at radius 2 is 2.04 bits per heavy atom. The van der Waals surface area contributed by atoms with Crippen LogP contribution in [0.3, 0.4) is 0 Å². The predicted octanol–water partition coefficient (Wildman–Crippen LogP) is 2.35. The SMILES string of the molecule is COc1ccc(C2=NN(CC(=O)NCCC(C)C)C(=O)CC=C2)cc1. The van der Waals surface area contributed by atoms with Gasteiger partial charge in [-0.1, -0.05) is 19.9 Å². The lowest BCUT2D eigenvalue weighted by Crippen LogP contribution is -2.38. The molecule has 0 aliphatic carbocycles. The van der Waals surface area contributed by atoms with Crippen molar-refractivity contribution in [2.45, 2.75) is 26.7 Å². The second-order valence-corrected chi connectivity index (χ2v) is 6.30. The molecular weight excluding hydrogens is 318 g/mol. The molecule has 2 rings (SSSR count). The fourth-order valence-corrected chi connectivity index (χ4v) is 2.33. The number of nitrogens with zero attached hydrogens (tertiary/aromatic N) is 2. The van der Waals surface area contributed by atoms with E-state index in [1.807, 2.05) is 24.3 Å². The summed E-state index contributed by atoms with van der Waals surface area (Å²) >= 11 is 0. The molecule has 6 heteroatoms. The third-order valence-electron chi connectivity index (χ3n) is 3.81. The van der Waals surface area contributed by atoms with Crippen LogP contribution in [0.15, 0.2) is 41.5 Å². The zero-order valence-corrected chi connectivity index (χ0v) is 15.0. The number of hydrogen-bond acceptors (Lipinski definition) is 4. The molecule has 0 bridgehead atoms. The molecule has 134 valence electrons. The normalized spacial score (nSPS) is 14.3. The minimum Gasteiger partial charge on any atom is -0.497 e. The van der Waals surface area contributed by atoms with Gasteiger partial charge in [-0.2, -0.15) is 5.10 Å². The van der Waals surface area contributed by atoms with Crippen LogP contribution in [0, 0.1) is 5.92 Å². The van der Waals surface area contributed by atoms with Crippen molar-refractivity contribution in [2.75, 3.05) is 20.2 Å². The van der Waals surface area contributed by atoms with Crippen molar-refractivity contribution >= 4 is 17.5 Å². The van der Waals surface area contributed by atoms with Gasteiger partial charge in [0.15, 0.2) is 0 Å². The summed E-state index contributed by atoms with van der Waals surface area (Å²) in [4.78, 5) is 24.2. The van der Waals surface area contributed by atoms with Gasteiger partial charge in [-0.25, -0.2) is 5.01 Å². The van der Waals surface area contributed by atoms with E-state index in [1.54, 1.807) is 19.3 Å². The van der Waals surface area contributed by atoms with Crippen molar-refractivity contribution in [3.8, 4) is 5.75 Å². The third kappa shape index (κ3) is 5.74. The van der Waals surface area contributed by atoms with Crippen molar-refractivity contribution < 1.29 is 14.3 Å². The number of carbonyl (C=O) groups is 2. The number of benzene rings is 1. The lowest BCUT2D eigenvalue weighted by molar-refractivity contribution is -0.135. The van der Waals surface area contributed by atoms with Crippen molar-refractivity contribution in [1.82, 2.24) is 10.3 Å². The average Bonchev–Trinajstić information content (AvgIpc) is 2.77. The predicted molar refractivity (Wildman–Crippen MR) is 97.5 cm³/mol. The van der Waals surface area contributed by atoms with E-state index >= 15 is 0 Å². The molecule has 0 unspecified atom stereocenters. The Balaban J connectivity index is 2.07. The van der Waals surface area contributed by atoms with E-state index in [1.165, 1.54) is 5.01 Å². The molecule has 0 fully saturated rings. The number of allylic oxidation sites excluding steroid dienone is 1. The molecule has 25 heavy (non-hydrogen) atoms. The van der Waals surface area contributed by atoms with Crippen LogP contribution < -0.4 is 10.1 Å². The second-order valence-electron chi connectivity index (χ2n) is 6.30. The number of rotatable bonds is 7. The highest BCUT2D eigenvalue weighted by molar-refractivity contribution is 6.10. The Kier molecular flexibility index (Phi) is 6.74. The minimum atomic E-state index is -0.200. The zero-order valence-electron chi connectivity index (χ0n) is 15.0. The van der Waals surface area contributed by atoms with Crippen LogP contribution in [-0.2, 0) is 9.59 Å². The molecule has 0 aromatic heterocycles. The van der Waals surface area contributed by atoms with E-state index in [0.29, 0.717) is 18.2 Å². The lowest BCUT2D eigenvalue weighted by Gasteiger charge is -2.16. The molecule has 1 heterocycles. The van der Waals surface area contributed by atoms with E-state index in [0.717, 1.165) is 17.7 Å². The smallest absolute Gasteiger partial charge is 0.246 e. The van der Waals surface area contributed by atoms with Gasteiger partial charge in [0, 0.05) is 18.5 Å². The maximum absolute atomic E-state index is 12.2. The van der Waals surface area contributed by atoms with Gasteiger partial charge in [-0.15, -0.1) is 0 Å². The number of hydrogen-bond donors (Lipinski definition) is 1. The first-order chi connectivity index (χ1) is 12.0. The first-order valence-corrected chi connectivity index (χ1v) is 8.46. The molecule has 0 spiro atoms. The van der Waals surface area contributed by atoms with Crippen LogP contribution in [0.2, 0.25) is 0 Å². The topological polar surface area (TPSA) is 71.0 Å². The van der Waals surface area contributed by atoms with E-state index in [2.05, 4.69) is 24.3 Å². The van der Waals surface area contributed by atoms with Crippen molar-refractivity contribution in [1.29, 1.82) is 0 Å². The number of methoxy groups -OCH3 is 1. The summed E-state index contributed by atoms with van der Waals surface area (Å²) in [5.41, 5.74) is 1.50. The Bertz CT molecular complexity index is 663. The molecule has 0 atom stereocenters. The van der Waals surface area contributed by atoms with Crippen LogP contribution in [0.5, 0.6) is 5.75 Å². The van der Waals surface area contributed by atoms with Crippen LogP contribution >= 0.6 is 0 Å². The molecule has 0 saturated carbocycles. The number of amides is 2. The molecule has 2 amide bonds. The van der Waals surface area contributed by atoms with Crippen molar-refractivity contribution in [3.05, 3.63) is 42.0 Å². The highest BCUT2D eigenvalue weighted by atomic mass is 16.5. The highest BCUT2D eigenvalue weighted by Crippen LogP contribution is 2.15. The Labute approximate surface area is 148 Å². The van der Waals surface area contributed by atoms with Crippen LogP contribution in [0.25, 0.3) is 0 Å². The largest absolute Gasteiger partial charge is 0.497 e. The molecule has 1 aromatic carbocycles. The summed E-state index contributed by atoms with van der Waals surface area (Å²) in [7, 11) is 1.61. The summed E-state index contributed by atoms with van der Waals surface area (Å²) in [5, 5.41) is 8.45. The van der Waals surface area contributed by atoms with Crippen LogP contribution in [-0.4, -0.2) is 42.7 Å². The Hall–Kier alpha value is -2.63. The molecular formula is C19H25N3O3. The maximum Gasteiger partial charge on any atom is 0.246 e. The third-order valence-corrected chi connectivity index (χ3v) is 3.81. The fourth-order valence-electron chi connectivity index (χ4n) is 2.33.